The first-order valence-corrected chi connectivity index (χ1v) is 9.44. The van der Waals surface area contributed by atoms with Crippen LogP contribution in [0.1, 0.15) is 45.1 Å². The van der Waals surface area contributed by atoms with E-state index >= 15 is 0 Å². The van der Waals surface area contributed by atoms with Crippen LogP contribution in [0.25, 0.3) is 5.70 Å². The second kappa shape index (κ2) is 10.2. The number of para-hydroxylation sites is 1. The van der Waals surface area contributed by atoms with Crippen molar-refractivity contribution in [2.75, 3.05) is 12.4 Å². The number of aromatic nitrogens is 2. The highest BCUT2D eigenvalue weighted by Gasteiger charge is 2.10. The minimum absolute atomic E-state index is 0.773. The molecule has 1 aromatic heterocycles. The van der Waals surface area contributed by atoms with E-state index in [-0.39, 0.29) is 0 Å². The molecule has 23 heavy (non-hydrogen) atoms. The van der Waals surface area contributed by atoms with Gasteiger partial charge >= 0.3 is 0 Å². The lowest BCUT2D eigenvalue weighted by Crippen LogP contribution is -2.03. The van der Waals surface area contributed by atoms with Gasteiger partial charge in [0, 0.05) is 18.0 Å². The van der Waals surface area contributed by atoms with Crippen LogP contribution in [0.2, 0.25) is 0 Å². The molecule has 4 heteroatoms. The van der Waals surface area contributed by atoms with Crippen LogP contribution in [-0.2, 0) is 0 Å². The van der Waals surface area contributed by atoms with Crippen LogP contribution in [0.5, 0.6) is 5.75 Å². The Morgan fingerprint density at radius 2 is 2.09 bits per heavy atom. The van der Waals surface area contributed by atoms with Crippen LogP contribution in [0.3, 0.4) is 0 Å². The van der Waals surface area contributed by atoms with Crippen LogP contribution in [0.15, 0.2) is 48.4 Å². The second-order valence-electron chi connectivity index (χ2n) is 5.33. The molecule has 2 rings (SSSR count). The first-order chi connectivity index (χ1) is 11.4. The van der Waals surface area contributed by atoms with Crippen molar-refractivity contribution < 1.29 is 4.74 Å². The maximum Gasteiger partial charge on any atom is 0.128 e. The Morgan fingerprint density at radius 1 is 1.22 bits per heavy atom. The van der Waals surface area contributed by atoms with Crippen molar-refractivity contribution in [2.24, 2.45) is 0 Å². The molecule has 0 spiro atoms. The molecule has 0 unspecified atom stereocenters. The van der Waals surface area contributed by atoms with E-state index in [1.807, 2.05) is 23.2 Å². The predicted octanol–water partition coefficient (Wildman–Crippen LogP) is 5.44. The van der Waals surface area contributed by atoms with Crippen LogP contribution < -0.4 is 4.74 Å². The number of rotatable bonds is 10. The zero-order valence-electron chi connectivity index (χ0n) is 14.1. The quantitative estimate of drug-likeness (QED) is 0.543. The van der Waals surface area contributed by atoms with E-state index in [1.165, 1.54) is 19.3 Å². The molecule has 1 heterocycles. The van der Waals surface area contributed by atoms with E-state index in [1.54, 1.807) is 18.0 Å². The first-order valence-electron chi connectivity index (χ1n) is 8.39. The number of benzene rings is 1. The van der Waals surface area contributed by atoms with E-state index in [4.69, 9.17) is 4.74 Å². The molecule has 2 aromatic rings. The summed E-state index contributed by atoms with van der Waals surface area (Å²) >= 11 is 1.79. The molecule has 0 amide bonds. The maximum absolute atomic E-state index is 6.06. The molecule has 0 atom stereocenters. The molecule has 0 saturated carbocycles. The summed E-state index contributed by atoms with van der Waals surface area (Å²) in [5.74, 6) is 1.98. The molecule has 1 aromatic carbocycles. The largest absolute Gasteiger partial charge is 0.493 e. The first kappa shape index (κ1) is 17.7. The maximum atomic E-state index is 6.06. The summed E-state index contributed by atoms with van der Waals surface area (Å²) in [6, 6.07) is 8.25. The Hall–Kier alpha value is -1.68. The summed E-state index contributed by atoms with van der Waals surface area (Å²) in [6.45, 7) is 5.15. The van der Waals surface area contributed by atoms with Crippen LogP contribution in [0.4, 0.5) is 0 Å². The summed E-state index contributed by atoms with van der Waals surface area (Å²) in [6.07, 6.45) is 10.5. The molecule has 0 aliphatic heterocycles. The monoisotopic (exact) mass is 330 g/mol. The fraction of sp³-hybridized carbons (Fsp3) is 0.421. The number of imidazole rings is 1. The zero-order valence-corrected chi connectivity index (χ0v) is 14.9. The average Bonchev–Trinajstić information content (AvgIpc) is 3.10. The highest BCUT2D eigenvalue weighted by Crippen LogP contribution is 2.29. The van der Waals surface area contributed by atoms with E-state index in [2.05, 4.69) is 42.4 Å². The molecular formula is C19H26N2OS. The lowest BCUT2D eigenvalue weighted by Gasteiger charge is -2.15. The second-order valence-corrected chi connectivity index (χ2v) is 6.48. The van der Waals surface area contributed by atoms with Crippen LogP contribution >= 0.6 is 11.8 Å². The van der Waals surface area contributed by atoms with Gasteiger partial charge in [-0.15, -0.1) is 11.8 Å². The summed E-state index contributed by atoms with van der Waals surface area (Å²) in [7, 11) is 0. The Morgan fingerprint density at radius 3 is 2.83 bits per heavy atom. The molecule has 0 bridgehead atoms. The van der Waals surface area contributed by atoms with Gasteiger partial charge in [0.15, 0.2) is 0 Å². The highest BCUT2D eigenvalue weighted by atomic mass is 32.2. The van der Waals surface area contributed by atoms with Crippen molar-refractivity contribution in [3.8, 4) is 5.75 Å². The minimum Gasteiger partial charge on any atom is -0.493 e. The molecule has 0 radical (unpaired) electrons. The highest BCUT2D eigenvalue weighted by molar-refractivity contribution is 8.02. The van der Waals surface area contributed by atoms with E-state index < -0.39 is 0 Å². The third-order valence-electron chi connectivity index (χ3n) is 3.56. The predicted molar refractivity (Wildman–Crippen MR) is 99.8 cm³/mol. The molecule has 124 valence electrons. The van der Waals surface area contributed by atoms with Gasteiger partial charge in [-0.3, -0.25) is 0 Å². The molecule has 3 nitrogen and oxygen atoms in total. The SMILES string of the molecule is CCCCCCOc1ccccc1/C(=C\SCC)n1ccnc1. The summed E-state index contributed by atoms with van der Waals surface area (Å²) in [4.78, 5) is 4.17. The number of hydrogen-bond acceptors (Lipinski definition) is 3. The molecule has 0 aliphatic rings. The smallest absolute Gasteiger partial charge is 0.128 e. The standard InChI is InChI=1S/C19H26N2OS/c1-3-5-6-9-14-22-19-11-8-7-10-17(19)18(15-23-4-2)21-13-12-20-16-21/h7-8,10-13,15-16H,3-6,9,14H2,1-2H3/b18-15+. The molecule has 0 saturated heterocycles. The lowest BCUT2D eigenvalue weighted by molar-refractivity contribution is 0.304. The molecular weight excluding hydrogens is 304 g/mol. The Balaban J connectivity index is 2.16. The Labute approximate surface area is 143 Å². The van der Waals surface area contributed by atoms with E-state index in [9.17, 15) is 0 Å². The number of ether oxygens (including phenoxy) is 1. The van der Waals surface area contributed by atoms with E-state index in [0.717, 1.165) is 35.8 Å². The van der Waals surface area contributed by atoms with Gasteiger partial charge in [-0.1, -0.05) is 45.2 Å². The number of thioether (sulfide) groups is 1. The number of unbranched alkanes of at least 4 members (excludes halogenated alkanes) is 3. The summed E-state index contributed by atoms with van der Waals surface area (Å²) in [5, 5.41) is 2.18. The average molecular weight is 330 g/mol. The van der Waals surface area contributed by atoms with Gasteiger partial charge in [0.1, 0.15) is 5.75 Å². The van der Waals surface area contributed by atoms with Gasteiger partial charge in [-0.2, -0.15) is 0 Å². The van der Waals surface area contributed by atoms with Crippen LogP contribution in [0, 0.1) is 0 Å². The van der Waals surface area contributed by atoms with Crippen molar-refractivity contribution in [1.29, 1.82) is 0 Å². The number of hydrogen-bond donors (Lipinski definition) is 0. The van der Waals surface area contributed by atoms with Gasteiger partial charge < -0.3 is 9.30 Å². The molecule has 0 fully saturated rings. The van der Waals surface area contributed by atoms with Gasteiger partial charge in [0.05, 0.1) is 18.6 Å². The molecule has 0 aliphatic carbocycles. The minimum atomic E-state index is 0.773. The van der Waals surface area contributed by atoms with Crippen molar-refractivity contribution >= 4 is 17.5 Å². The number of nitrogens with zero attached hydrogens (tertiary/aromatic N) is 2. The van der Waals surface area contributed by atoms with E-state index in [0.29, 0.717) is 0 Å². The lowest BCUT2D eigenvalue weighted by atomic mass is 10.1. The summed E-state index contributed by atoms with van der Waals surface area (Å²) < 4.78 is 8.10. The topological polar surface area (TPSA) is 27.1 Å². The molecule has 0 N–H and O–H groups in total. The Kier molecular flexibility index (Phi) is 7.81. The van der Waals surface area contributed by atoms with Crippen molar-refractivity contribution in [1.82, 2.24) is 9.55 Å². The fourth-order valence-corrected chi connectivity index (χ4v) is 2.92. The van der Waals surface area contributed by atoms with Gasteiger partial charge in [0.2, 0.25) is 0 Å². The van der Waals surface area contributed by atoms with Crippen molar-refractivity contribution in [3.63, 3.8) is 0 Å². The fourth-order valence-electron chi connectivity index (χ4n) is 2.34. The zero-order chi connectivity index (χ0) is 16.3. The third-order valence-corrected chi connectivity index (χ3v) is 4.29. The van der Waals surface area contributed by atoms with Gasteiger partial charge in [0.25, 0.3) is 0 Å². The third kappa shape index (κ3) is 5.47. The van der Waals surface area contributed by atoms with Gasteiger partial charge in [-0.05, 0) is 29.7 Å². The Bertz CT molecular complexity index is 593. The van der Waals surface area contributed by atoms with Gasteiger partial charge in [-0.25, -0.2) is 4.98 Å². The van der Waals surface area contributed by atoms with Crippen LogP contribution in [-0.4, -0.2) is 21.9 Å². The normalized spacial score (nSPS) is 11.7. The summed E-state index contributed by atoms with van der Waals surface area (Å²) in [5.41, 5.74) is 2.22. The van der Waals surface area contributed by atoms with Crippen molar-refractivity contribution in [2.45, 2.75) is 39.5 Å². The van der Waals surface area contributed by atoms with Crippen molar-refractivity contribution in [3.05, 3.63) is 54.0 Å².